The van der Waals surface area contributed by atoms with Gasteiger partial charge < -0.3 is 10.7 Å². The van der Waals surface area contributed by atoms with Crippen LogP contribution < -0.4 is 16.6 Å². The summed E-state index contributed by atoms with van der Waals surface area (Å²) in [7, 11) is 0. The molecule has 2 fully saturated rings. The van der Waals surface area contributed by atoms with Crippen LogP contribution in [0.2, 0.25) is 0 Å². The van der Waals surface area contributed by atoms with Crippen molar-refractivity contribution in [1.29, 1.82) is 0 Å². The fraction of sp³-hybridized carbons (Fsp3) is 0.500. The van der Waals surface area contributed by atoms with E-state index in [9.17, 15) is 0 Å². The summed E-state index contributed by atoms with van der Waals surface area (Å²) in [4.78, 5) is 3.51. The Morgan fingerprint density at radius 1 is 1.15 bits per heavy atom. The molecule has 1 aromatic heterocycles. The van der Waals surface area contributed by atoms with Crippen LogP contribution in [0.15, 0.2) is 24.3 Å². The maximum atomic E-state index is 6.19. The third-order valence-corrected chi connectivity index (χ3v) is 5.05. The summed E-state index contributed by atoms with van der Waals surface area (Å²) in [6, 6.07) is 9.85. The highest BCUT2D eigenvalue weighted by Crippen LogP contribution is 2.41. The Labute approximate surface area is 119 Å². The van der Waals surface area contributed by atoms with Crippen LogP contribution in [-0.4, -0.2) is 17.1 Å². The molecule has 0 bridgehead atoms. The first-order valence-corrected chi connectivity index (χ1v) is 7.58. The lowest BCUT2D eigenvalue weighted by Crippen LogP contribution is -2.39. The fourth-order valence-corrected chi connectivity index (χ4v) is 4.08. The van der Waals surface area contributed by atoms with Crippen LogP contribution in [0, 0.1) is 12.8 Å². The highest BCUT2D eigenvalue weighted by molar-refractivity contribution is 5.85. The van der Waals surface area contributed by atoms with Gasteiger partial charge in [0.05, 0.1) is 6.04 Å². The van der Waals surface area contributed by atoms with Gasteiger partial charge in [0.15, 0.2) is 0 Å². The van der Waals surface area contributed by atoms with Crippen LogP contribution >= 0.6 is 0 Å². The molecule has 4 atom stereocenters. The summed E-state index contributed by atoms with van der Waals surface area (Å²) in [5.74, 6) is 0.594. The summed E-state index contributed by atoms with van der Waals surface area (Å²) in [6.07, 6.45) is 3.42. The van der Waals surface area contributed by atoms with E-state index in [2.05, 4.69) is 47.0 Å². The number of benzene rings is 1. The first-order valence-electron chi connectivity index (χ1n) is 7.58. The molecule has 2 heterocycles. The first kappa shape index (κ1) is 12.4. The van der Waals surface area contributed by atoms with Gasteiger partial charge in [-0.15, -0.1) is 0 Å². The Bertz CT molecular complexity index is 632. The Kier molecular flexibility index (Phi) is 2.84. The molecule has 4 rings (SSSR count). The van der Waals surface area contributed by atoms with Gasteiger partial charge in [0, 0.05) is 28.7 Å². The molecular weight excluding hydrogens is 248 g/mol. The smallest absolute Gasteiger partial charge is 0.0530 e. The van der Waals surface area contributed by atoms with Gasteiger partial charge in [-0.25, -0.2) is 5.43 Å². The van der Waals surface area contributed by atoms with Crippen LogP contribution in [0.4, 0.5) is 0 Å². The van der Waals surface area contributed by atoms with Gasteiger partial charge in [0.2, 0.25) is 0 Å². The number of aromatic amines is 1. The minimum atomic E-state index is 0.353. The topological polar surface area (TPSA) is 65.9 Å². The average Bonchev–Trinajstić information content (AvgIpc) is 2.98. The van der Waals surface area contributed by atoms with E-state index in [1.165, 1.54) is 28.6 Å². The van der Waals surface area contributed by atoms with E-state index in [-0.39, 0.29) is 0 Å². The van der Waals surface area contributed by atoms with Crippen molar-refractivity contribution in [1.82, 2.24) is 15.8 Å². The molecule has 2 aromatic rings. The first-order chi connectivity index (χ1) is 9.74. The van der Waals surface area contributed by atoms with Crippen molar-refractivity contribution in [2.75, 3.05) is 0 Å². The highest BCUT2D eigenvalue weighted by atomic mass is 15.4. The number of rotatable bonds is 1. The van der Waals surface area contributed by atoms with Gasteiger partial charge in [-0.05, 0) is 43.7 Å². The van der Waals surface area contributed by atoms with Crippen LogP contribution in [0.25, 0.3) is 10.9 Å². The van der Waals surface area contributed by atoms with E-state index in [1.54, 1.807) is 0 Å². The monoisotopic (exact) mass is 270 g/mol. The van der Waals surface area contributed by atoms with Crippen molar-refractivity contribution in [3.8, 4) is 0 Å². The third-order valence-electron chi connectivity index (χ3n) is 5.05. The predicted molar refractivity (Wildman–Crippen MR) is 81.2 cm³/mol. The second kappa shape index (κ2) is 4.58. The summed E-state index contributed by atoms with van der Waals surface area (Å²) < 4.78 is 0. The normalized spacial score (nSPS) is 33.5. The van der Waals surface area contributed by atoms with E-state index in [0.717, 1.165) is 12.8 Å². The van der Waals surface area contributed by atoms with E-state index >= 15 is 0 Å². The van der Waals surface area contributed by atoms with Crippen molar-refractivity contribution < 1.29 is 0 Å². The molecule has 0 radical (unpaired) electrons. The van der Waals surface area contributed by atoms with Gasteiger partial charge in [-0.1, -0.05) is 18.2 Å². The zero-order chi connectivity index (χ0) is 13.7. The third kappa shape index (κ3) is 1.79. The quantitative estimate of drug-likeness (QED) is 0.642. The zero-order valence-corrected chi connectivity index (χ0v) is 11.8. The lowest BCUT2D eigenvalue weighted by molar-refractivity contribution is 0.279. The Hall–Kier alpha value is -1.36. The molecule has 20 heavy (non-hydrogen) atoms. The number of para-hydroxylation sites is 1. The number of nitrogens with one attached hydrogen (secondary N) is 3. The van der Waals surface area contributed by atoms with Gasteiger partial charge >= 0.3 is 0 Å². The number of hydrogen-bond acceptors (Lipinski definition) is 3. The second-order valence-electron chi connectivity index (χ2n) is 6.32. The molecule has 1 aliphatic carbocycles. The van der Waals surface area contributed by atoms with E-state index in [0.29, 0.717) is 24.0 Å². The number of hydrazine groups is 1. The van der Waals surface area contributed by atoms with Gasteiger partial charge in [-0.3, -0.25) is 5.43 Å². The summed E-state index contributed by atoms with van der Waals surface area (Å²) >= 11 is 0. The van der Waals surface area contributed by atoms with Crippen molar-refractivity contribution in [3.05, 3.63) is 35.5 Å². The molecule has 2 aliphatic rings. The van der Waals surface area contributed by atoms with Gasteiger partial charge in [0.1, 0.15) is 0 Å². The molecule has 1 saturated carbocycles. The standard InChI is InChI=1S/C16H22N4/c1-9-15(11-4-2-3-5-13(11)18-9)16-12-8-10(17)6-7-14(12)19-20-16/h2-5,10,12,14,16,18-20H,6-8,17H2,1H3. The largest absolute Gasteiger partial charge is 0.358 e. The Balaban J connectivity index is 1.77. The molecule has 5 N–H and O–H groups in total. The van der Waals surface area contributed by atoms with Crippen molar-refractivity contribution in [2.45, 2.75) is 44.3 Å². The van der Waals surface area contributed by atoms with Crippen LogP contribution in [0.1, 0.15) is 36.6 Å². The molecular formula is C16H22N4. The number of fused-ring (bicyclic) bond motifs is 2. The lowest BCUT2D eigenvalue weighted by Gasteiger charge is -2.31. The van der Waals surface area contributed by atoms with Crippen molar-refractivity contribution in [3.63, 3.8) is 0 Å². The van der Waals surface area contributed by atoms with E-state index in [1.807, 2.05) is 0 Å². The number of aryl methyl sites for hydroxylation is 1. The predicted octanol–water partition coefficient (Wildman–Crippen LogP) is 2.12. The molecule has 4 nitrogen and oxygen atoms in total. The molecule has 4 unspecified atom stereocenters. The minimum absolute atomic E-state index is 0.353. The van der Waals surface area contributed by atoms with Crippen LogP contribution in [-0.2, 0) is 0 Å². The number of hydrogen-bond donors (Lipinski definition) is 4. The lowest BCUT2D eigenvalue weighted by atomic mass is 9.77. The molecule has 106 valence electrons. The van der Waals surface area contributed by atoms with Crippen LogP contribution in [0.5, 0.6) is 0 Å². The number of nitrogens with two attached hydrogens (primary N) is 1. The van der Waals surface area contributed by atoms with Gasteiger partial charge in [0.25, 0.3) is 0 Å². The summed E-state index contributed by atoms with van der Waals surface area (Å²) in [5.41, 5.74) is 17.1. The van der Waals surface area contributed by atoms with Crippen molar-refractivity contribution >= 4 is 10.9 Å². The molecule has 1 saturated heterocycles. The number of aromatic nitrogens is 1. The SMILES string of the molecule is Cc1[nH]c2ccccc2c1C1NNC2CCC(N)CC21. The Morgan fingerprint density at radius 3 is 2.90 bits per heavy atom. The second-order valence-corrected chi connectivity index (χ2v) is 6.32. The zero-order valence-electron chi connectivity index (χ0n) is 11.8. The molecule has 4 heteroatoms. The van der Waals surface area contributed by atoms with Gasteiger partial charge in [-0.2, -0.15) is 0 Å². The molecule has 0 spiro atoms. The number of H-pyrrole nitrogens is 1. The van der Waals surface area contributed by atoms with E-state index in [4.69, 9.17) is 5.73 Å². The average molecular weight is 270 g/mol. The summed E-state index contributed by atoms with van der Waals surface area (Å²) in [5, 5.41) is 1.34. The fourth-order valence-electron chi connectivity index (χ4n) is 4.08. The van der Waals surface area contributed by atoms with Crippen molar-refractivity contribution in [2.24, 2.45) is 11.7 Å². The molecule has 1 aromatic carbocycles. The van der Waals surface area contributed by atoms with Crippen LogP contribution in [0.3, 0.4) is 0 Å². The Morgan fingerprint density at radius 2 is 2.00 bits per heavy atom. The molecule has 0 amide bonds. The maximum absolute atomic E-state index is 6.19. The minimum Gasteiger partial charge on any atom is -0.358 e. The highest BCUT2D eigenvalue weighted by Gasteiger charge is 2.41. The summed E-state index contributed by atoms with van der Waals surface area (Å²) in [6.45, 7) is 2.17. The van der Waals surface area contributed by atoms with E-state index < -0.39 is 0 Å². The molecule has 1 aliphatic heterocycles. The maximum Gasteiger partial charge on any atom is 0.0530 e.